The number of carbonyl (C=O) groups is 1. The first-order valence-corrected chi connectivity index (χ1v) is 7.70. The summed E-state index contributed by atoms with van der Waals surface area (Å²) in [5.41, 5.74) is 1.18. The summed E-state index contributed by atoms with van der Waals surface area (Å²) in [5.74, 6) is -1.34. The van der Waals surface area contributed by atoms with E-state index in [1.165, 1.54) is 11.2 Å². The van der Waals surface area contributed by atoms with E-state index >= 15 is 0 Å². The number of piperidine rings is 1. The molecule has 0 unspecified atom stereocenters. The Morgan fingerprint density at radius 2 is 2.50 bits per heavy atom. The highest BCUT2D eigenvalue weighted by molar-refractivity contribution is 5.88. The van der Waals surface area contributed by atoms with Gasteiger partial charge in [-0.2, -0.15) is 0 Å². The standard InChI is InChI=1S/C17H22N6O/c1-11-5-6-23(15(24)8-18-3)9-14(11)22(4)17-13-7-12(2)21-16(13)19-10-20-17/h7,10-11,14H,5-6,8-9H2,1-2,4H3,(H,19,20,21)/t11-,14+/m1/s1/i7D,8D2,11D. The van der Waals surface area contributed by atoms with E-state index < -0.39 is 24.3 Å². The van der Waals surface area contributed by atoms with Crippen molar-refractivity contribution in [2.24, 2.45) is 5.89 Å². The number of anilines is 1. The number of hydrogen-bond acceptors (Lipinski definition) is 4. The number of aryl methyl sites for hydroxylation is 1. The molecule has 0 aromatic carbocycles. The summed E-state index contributed by atoms with van der Waals surface area (Å²) in [4.78, 5) is 29.8. The number of fused-ring (bicyclic) bond motifs is 1. The number of H-pyrrole nitrogens is 1. The van der Waals surface area contributed by atoms with Crippen LogP contribution < -0.4 is 4.90 Å². The van der Waals surface area contributed by atoms with Crippen molar-refractivity contribution in [1.82, 2.24) is 19.9 Å². The van der Waals surface area contributed by atoms with Crippen LogP contribution in [0.5, 0.6) is 0 Å². The molecule has 1 fully saturated rings. The Morgan fingerprint density at radius 1 is 1.71 bits per heavy atom. The van der Waals surface area contributed by atoms with Gasteiger partial charge in [0.2, 0.25) is 0 Å². The fraction of sp³-hybridized carbons (Fsp3) is 0.529. The van der Waals surface area contributed by atoms with Gasteiger partial charge >= 0.3 is 5.91 Å². The fourth-order valence-electron chi connectivity index (χ4n) is 3.09. The van der Waals surface area contributed by atoms with Crippen molar-refractivity contribution in [2.45, 2.75) is 26.3 Å². The highest BCUT2D eigenvalue weighted by atomic mass is 16.2. The zero-order chi connectivity index (χ0) is 20.9. The Bertz CT molecular complexity index is 966. The Labute approximate surface area is 147 Å². The van der Waals surface area contributed by atoms with E-state index in [0.29, 0.717) is 29.0 Å². The first-order valence-electron chi connectivity index (χ1n) is 9.70. The van der Waals surface area contributed by atoms with Crippen molar-refractivity contribution < 1.29 is 10.3 Å². The van der Waals surface area contributed by atoms with E-state index in [1.807, 2.05) is 0 Å². The fourth-order valence-corrected chi connectivity index (χ4v) is 3.09. The van der Waals surface area contributed by atoms with Crippen LogP contribution in [0.4, 0.5) is 5.82 Å². The Balaban J connectivity index is 1.99. The first-order chi connectivity index (χ1) is 13.0. The molecule has 0 bridgehead atoms. The molecule has 24 heavy (non-hydrogen) atoms. The molecule has 2 aromatic heterocycles. The topological polar surface area (TPSA) is 69.5 Å². The number of likely N-dealkylation sites (N-methyl/N-ethyl adjacent to an activating group) is 1. The van der Waals surface area contributed by atoms with Crippen LogP contribution >= 0.6 is 0 Å². The third kappa shape index (κ3) is 2.92. The van der Waals surface area contributed by atoms with Crippen LogP contribution in [0, 0.1) is 19.4 Å². The second-order valence-corrected chi connectivity index (χ2v) is 5.99. The minimum absolute atomic E-state index is 0.0899. The van der Waals surface area contributed by atoms with Gasteiger partial charge in [-0.05, 0) is 25.3 Å². The van der Waals surface area contributed by atoms with Gasteiger partial charge < -0.3 is 19.6 Å². The first kappa shape index (κ1) is 11.8. The van der Waals surface area contributed by atoms with Gasteiger partial charge in [0.25, 0.3) is 6.50 Å². The van der Waals surface area contributed by atoms with Crippen LogP contribution in [0.1, 0.15) is 24.5 Å². The van der Waals surface area contributed by atoms with E-state index in [9.17, 15) is 4.79 Å². The predicted molar refractivity (Wildman–Crippen MR) is 92.6 cm³/mol. The van der Waals surface area contributed by atoms with E-state index in [-0.39, 0.29) is 19.1 Å². The maximum atomic E-state index is 12.4. The van der Waals surface area contributed by atoms with Gasteiger partial charge in [-0.3, -0.25) is 4.79 Å². The third-order valence-electron chi connectivity index (χ3n) is 4.42. The lowest BCUT2D eigenvalue weighted by Crippen LogP contribution is -2.53. The molecule has 0 saturated carbocycles. The molecule has 0 radical (unpaired) electrons. The average molecular weight is 330 g/mol. The SMILES string of the molecule is [2H]c1c(C)[nH]c2ncnc(N(C)[C@H]3CN(C(=O)C([2H])([2H])[N+]#[C-])CC[C@@]3([2H])C)c12. The van der Waals surface area contributed by atoms with Crippen LogP contribution in [0.25, 0.3) is 15.9 Å². The molecule has 2 atom stereocenters. The third-order valence-corrected chi connectivity index (χ3v) is 4.42. The molecule has 1 aliphatic heterocycles. The molecule has 1 aliphatic rings. The molecular weight excluding hydrogens is 304 g/mol. The van der Waals surface area contributed by atoms with Gasteiger partial charge in [0.05, 0.1) is 12.8 Å². The zero-order valence-electron chi connectivity index (χ0n) is 17.9. The molecule has 2 aromatic rings. The molecule has 7 heteroatoms. The number of amides is 1. The molecule has 126 valence electrons. The summed E-state index contributed by atoms with van der Waals surface area (Å²) in [6.45, 7) is 8.16. The van der Waals surface area contributed by atoms with E-state index in [2.05, 4.69) is 19.8 Å². The molecule has 1 saturated heterocycles. The molecule has 7 nitrogen and oxygen atoms in total. The van der Waals surface area contributed by atoms with Crippen LogP contribution in [0.2, 0.25) is 0 Å². The molecule has 3 heterocycles. The monoisotopic (exact) mass is 330 g/mol. The maximum Gasteiger partial charge on any atom is 0.302 e. The lowest BCUT2D eigenvalue weighted by atomic mass is 9.92. The van der Waals surface area contributed by atoms with Crippen LogP contribution in [-0.4, -0.2) is 58.4 Å². The van der Waals surface area contributed by atoms with Gasteiger partial charge in [0.15, 0.2) is 0 Å². The zero-order valence-corrected chi connectivity index (χ0v) is 13.9. The van der Waals surface area contributed by atoms with E-state index in [1.54, 1.807) is 25.8 Å². The molecule has 0 spiro atoms. The molecular formula is C17H22N6O. The van der Waals surface area contributed by atoms with Crippen LogP contribution in [-0.2, 0) is 4.79 Å². The Kier molecular flexibility index (Phi) is 3.20. The van der Waals surface area contributed by atoms with Crippen molar-refractivity contribution in [3.8, 4) is 0 Å². The number of hydrogen-bond donors (Lipinski definition) is 1. The van der Waals surface area contributed by atoms with Crippen molar-refractivity contribution in [3.63, 3.8) is 0 Å². The number of carbonyl (C=O) groups excluding carboxylic acids is 1. The summed E-state index contributed by atoms with van der Waals surface area (Å²) in [5, 5.41) is 0.540. The molecule has 1 amide bonds. The molecule has 0 aliphatic carbocycles. The van der Waals surface area contributed by atoms with Gasteiger partial charge in [-0.25, -0.2) is 16.5 Å². The van der Waals surface area contributed by atoms with Crippen molar-refractivity contribution in [2.75, 3.05) is 31.5 Å². The minimum atomic E-state index is -2.62. The van der Waals surface area contributed by atoms with Crippen molar-refractivity contribution >= 4 is 22.8 Å². The number of aromatic amines is 1. The van der Waals surface area contributed by atoms with Gasteiger partial charge in [-0.15, -0.1) is 0 Å². The second kappa shape index (κ2) is 6.48. The van der Waals surface area contributed by atoms with Crippen molar-refractivity contribution in [3.05, 3.63) is 29.5 Å². The van der Waals surface area contributed by atoms with E-state index in [4.69, 9.17) is 12.1 Å². The smallest absolute Gasteiger partial charge is 0.302 e. The van der Waals surface area contributed by atoms with Crippen molar-refractivity contribution in [1.29, 1.82) is 0 Å². The number of rotatable bonds is 3. The summed E-state index contributed by atoms with van der Waals surface area (Å²) >= 11 is 0. The summed E-state index contributed by atoms with van der Waals surface area (Å²) in [6, 6.07) is -0.225. The highest BCUT2D eigenvalue weighted by Gasteiger charge is 2.33. The molecule has 1 N–H and O–H groups in total. The van der Waals surface area contributed by atoms with Crippen LogP contribution in [0.3, 0.4) is 0 Å². The summed E-state index contributed by atoms with van der Waals surface area (Å²) in [7, 11) is 1.75. The van der Waals surface area contributed by atoms with Crippen LogP contribution in [0.15, 0.2) is 12.4 Å². The Hall–Kier alpha value is -2.62. The summed E-state index contributed by atoms with van der Waals surface area (Å²) < 4.78 is 32.2. The van der Waals surface area contributed by atoms with Gasteiger partial charge in [-0.1, -0.05) is 6.92 Å². The Morgan fingerprint density at radius 3 is 3.25 bits per heavy atom. The number of aromatic nitrogens is 3. The maximum absolute atomic E-state index is 12.4. The lowest BCUT2D eigenvalue weighted by molar-refractivity contribution is -0.130. The number of nitrogens with one attached hydrogen (secondary N) is 1. The summed E-state index contributed by atoms with van der Waals surface area (Å²) in [6.07, 6.45) is 1.71. The largest absolute Gasteiger partial charge is 0.354 e. The van der Waals surface area contributed by atoms with Gasteiger partial charge in [0.1, 0.15) is 20.5 Å². The van der Waals surface area contributed by atoms with E-state index in [0.717, 1.165) is 0 Å². The lowest BCUT2D eigenvalue weighted by Gasteiger charge is -2.41. The second-order valence-electron chi connectivity index (χ2n) is 5.99. The highest BCUT2D eigenvalue weighted by Crippen LogP contribution is 2.29. The molecule has 3 rings (SSSR count). The minimum Gasteiger partial charge on any atom is -0.354 e. The quantitative estimate of drug-likeness (QED) is 0.872. The average Bonchev–Trinajstić information content (AvgIpc) is 2.94. The number of nitrogens with zero attached hydrogens (tertiary/aromatic N) is 5. The number of likely N-dealkylation sites (tertiary alicyclic amines) is 1. The predicted octanol–water partition coefficient (Wildman–Crippen LogP) is 1.86. The van der Waals surface area contributed by atoms with Gasteiger partial charge in [0, 0.05) is 27.2 Å². The normalized spacial score (nSPS) is 26.9.